The highest BCUT2D eigenvalue weighted by Gasteiger charge is 2.32. The smallest absolute Gasteiger partial charge is 0.121 e. The lowest BCUT2D eigenvalue weighted by Crippen LogP contribution is -2.35. The predicted octanol–water partition coefficient (Wildman–Crippen LogP) is 4.36. The molecule has 0 unspecified atom stereocenters. The van der Waals surface area contributed by atoms with Crippen LogP contribution >= 0.6 is 0 Å². The van der Waals surface area contributed by atoms with Gasteiger partial charge in [0.1, 0.15) is 5.75 Å². The number of aromatic amines is 2. The molecule has 0 bridgehead atoms. The molecular weight excluding hydrogens is 348 g/mol. The van der Waals surface area contributed by atoms with Gasteiger partial charge in [0.15, 0.2) is 0 Å². The Morgan fingerprint density at radius 1 is 1.18 bits per heavy atom. The number of hydrogen-bond acceptors (Lipinski definition) is 3. The van der Waals surface area contributed by atoms with Crippen LogP contribution in [0, 0.1) is 6.92 Å². The quantitative estimate of drug-likeness (QED) is 0.560. The van der Waals surface area contributed by atoms with E-state index in [0.29, 0.717) is 0 Å². The molecule has 5 rings (SSSR count). The second-order valence-corrected chi connectivity index (χ2v) is 7.50. The van der Waals surface area contributed by atoms with Crippen molar-refractivity contribution in [1.29, 1.82) is 0 Å². The molecule has 1 atom stereocenters. The molecule has 0 fully saturated rings. The van der Waals surface area contributed by atoms with Crippen molar-refractivity contribution < 1.29 is 4.74 Å². The van der Waals surface area contributed by atoms with E-state index in [4.69, 9.17) is 4.74 Å². The molecule has 0 radical (unpaired) electrons. The van der Waals surface area contributed by atoms with E-state index in [9.17, 15) is 0 Å². The molecule has 1 aliphatic rings. The molecule has 0 saturated carbocycles. The first-order valence-corrected chi connectivity index (χ1v) is 9.71. The summed E-state index contributed by atoms with van der Waals surface area (Å²) in [5.74, 6) is 0.927. The molecule has 5 heteroatoms. The van der Waals surface area contributed by atoms with Crippen molar-refractivity contribution in [1.82, 2.24) is 20.1 Å². The SMILES string of the molecule is COc1ccc([C@@H]2c3[nH]c4ccccc4c3CCN2Cc2ccn[nH]2)cc1C. The van der Waals surface area contributed by atoms with Gasteiger partial charge in [0, 0.05) is 41.6 Å². The topological polar surface area (TPSA) is 56.9 Å². The lowest BCUT2D eigenvalue weighted by Gasteiger charge is -2.36. The van der Waals surface area contributed by atoms with Gasteiger partial charge >= 0.3 is 0 Å². The van der Waals surface area contributed by atoms with Crippen LogP contribution in [-0.4, -0.2) is 33.7 Å². The van der Waals surface area contributed by atoms with Crippen LogP contribution in [0.1, 0.15) is 34.1 Å². The van der Waals surface area contributed by atoms with Gasteiger partial charge in [-0.1, -0.05) is 30.3 Å². The standard InChI is InChI=1S/C23H24N4O/c1-15-13-16(7-8-21(15)28-2)23-22-19(18-5-3-4-6-20(18)25-22)10-12-27(23)14-17-9-11-24-26-17/h3-9,11,13,23,25H,10,12,14H2,1-2H3,(H,24,26)/t23-/m1/s1. The van der Waals surface area contributed by atoms with Crippen LogP contribution in [0.15, 0.2) is 54.7 Å². The molecule has 1 aliphatic heterocycles. The molecule has 0 spiro atoms. The summed E-state index contributed by atoms with van der Waals surface area (Å²) in [6, 6.07) is 17.4. The van der Waals surface area contributed by atoms with Crippen LogP contribution in [0.2, 0.25) is 0 Å². The highest BCUT2D eigenvalue weighted by Crippen LogP contribution is 2.39. The summed E-state index contributed by atoms with van der Waals surface area (Å²) >= 11 is 0. The third-order valence-electron chi connectivity index (χ3n) is 5.80. The minimum atomic E-state index is 0.170. The normalized spacial score (nSPS) is 17.0. The first-order valence-electron chi connectivity index (χ1n) is 9.71. The monoisotopic (exact) mass is 372 g/mol. The number of H-pyrrole nitrogens is 2. The predicted molar refractivity (Wildman–Crippen MR) is 111 cm³/mol. The maximum Gasteiger partial charge on any atom is 0.121 e. The summed E-state index contributed by atoms with van der Waals surface area (Å²) in [4.78, 5) is 6.24. The Morgan fingerprint density at radius 2 is 2.07 bits per heavy atom. The van der Waals surface area contributed by atoms with E-state index in [1.54, 1.807) is 7.11 Å². The summed E-state index contributed by atoms with van der Waals surface area (Å²) in [7, 11) is 1.73. The first-order chi connectivity index (χ1) is 13.7. The number of para-hydroxylation sites is 1. The highest BCUT2D eigenvalue weighted by molar-refractivity contribution is 5.85. The number of nitrogens with zero attached hydrogens (tertiary/aromatic N) is 2. The van der Waals surface area contributed by atoms with E-state index in [1.165, 1.54) is 27.7 Å². The fourth-order valence-electron chi connectivity index (χ4n) is 4.50. The van der Waals surface area contributed by atoms with Gasteiger partial charge in [0.05, 0.1) is 13.2 Å². The number of hydrogen-bond donors (Lipinski definition) is 2. The number of methoxy groups -OCH3 is 1. The van der Waals surface area contributed by atoms with Crippen molar-refractivity contribution in [3.63, 3.8) is 0 Å². The van der Waals surface area contributed by atoms with Gasteiger partial charge < -0.3 is 9.72 Å². The van der Waals surface area contributed by atoms with E-state index in [0.717, 1.165) is 36.5 Å². The minimum absolute atomic E-state index is 0.170. The zero-order chi connectivity index (χ0) is 19.1. The van der Waals surface area contributed by atoms with Gasteiger partial charge in [-0.2, -0.15) is 5.10 Å². The number of fused-ring (bicyclic) bond motifs is 3. The number of ether oxygens (including phenoxy) is 1. The van der Waals surface area contributed by atoms with E-state index >= 15 is 0 Å². The molecule has 0 saturated heterocycles. The zero-order valence-electron chi connectivity index (χ0n) is 16.2. The van der Waals surface area contributed by atoms with Crippen LogP contribution in [-0.2, 0) is 13.0 Å². The Morgan fingerprint density at radius 3 is 2.86 bits per heavy atom. The molecule has 142 valence electrons. The van der Waals surface area contributed by atoms with Crippen LogP contribution in [0.25, 0.3) is 10.9 Å². The molecule has 0 amide bonds. The lowest BCUT2D eigenvalue weighted by molar-refractivity contribution is 0.199. The van der Waals surface area contributed by atoms with E-state index < -0.39 is 0 Å². The maximum atomic E-state index is 5.48. The van der Waals surface area contributed by atoms with Crippen molar-refractivity contribution >= 4 is 10.9 Å². The van der Waals surface area contributed by atoms with Gasteiger partial charge in [-0.25, -0.2) is 0 Å². The maximum absolute atomic E-state index is 5.48. The minimum Gasteiger partial charge on any atom is -0.496 e. The van der Waals surface area contributed by atoms with E-state index in [1.807, 2.05) is 6.20 Å². The molecule has 2 N–H and O–H groups in total. The van der Waals surface area contributed by atoms with Gasteiger partial charge in [0.25, 0.3) is 0 Å². The van der Waals surface area contributed by atoms with Crippen LogP contribution in [0.3, 0.4) is 0 Å². The molecule has 28 heavy (non-hydrogen) atoms. The second kappa shape index (κ2) is 6.84. The van der Waals surface area contributed by atoms with Crippen molar-refractivity contribution in [2.45, 2.75) is 25.9 Å². The molecule has 2 aromatic carbocycles. The number of aromatic nitrogens is 3. The molecular formula is C23H24N4O. The van der Waals surface area contributed by atoms with Gasteiger partial charge in [-0.15, -0.1) is 0 Å². The average molecular weight is 372 g/mol. The van der Waals surface area contributed by atoms with Crippen molar-refractivity contribution in [2.24, 2.45) is 0 Å². The van der Waals surface area contributed by atoms with Crippen LogP contribution in [0.5, 0.6) is 5.75 Å². The molecule has 0 aliphatic carbocycles. The fraction of sp³-hybridized carbons (Fsp3) is 0.261. The van der Waals surface area contributed by atoms with Crippen molar-refractivity contribution in [3.05, 3.63) is 82.8 Å². The first kappa shape index (κ1) is 17.1. The Labute approximate surface area is 164 Å². The van der Waals surface area contributed by atoms with Gasteiger partial charge in [-0.3, -0.25) is 10.00 Å². The number of rotatable bonds is 4. The van der Waals surface area contributed by atoms with Gasteiger partial charge in [-0.05, 0) is 48.2 Å². The summed E-state index contributed by atoms with van der Waals surface area (Å²) in [5.41, 5.74) is 7.53. The Kier molecular flexibility index (Phi) is 4.17. The summed E-state index contributed by atoms with van der Waals surface area (Å²) in [6.07, 6.45) is 2.86. The summed E-state index contributed by atoms with van der Waals surface area (Å²) in [6.45, 7) is 3.95. The largest absolute Gasteiger partial charge is 0.496 e. The molecule has 4 aromatic rings. The second-order valence-electron chi connectivity index (χ2n) is 7.50. The summed E-state index contributed by atoms with van der Waals surface area (Å²) < 4.78 is 5.48. The Hall–Kier alpha value is -3.05. The molecule has 5 nitrogen and oxygen atoms in total. The Balaban J connectivity index is 1.64. The molecule has 2 aromatic heterocycles. The number of benzene rings is 2. The van der Waals surface area contributed by atoms with Crippen LogP contribution < -0.4 is 4.74 Å². The molecule has 3 heterocycles. The summed E-state index contributed by atoms with van der Waals surface area (Å²) in [5, 5.41) is 8.58. The Bertz CT molecular complexity index is 1110. The number of aryl methyl sites for hydroxylation is 1. The van der Waals surface area contributed by atoms with Crippen LogP contribution in [0.4, 0.5) is 0 Å². The van der Waals surface area contributed by atoms with Gasteiger partial charge in [0.2, 0.25) is 0 Å². The van der Waals surface area contributed by atoms with E-state index in [2.05, 4.69) is 75.5 Å². The fourth-order valence-corrected chi connectivity index (χ4v) is 4.50. The average Bonchev–Trinajstić information content (AvgIpc) is 3.35. The lowest BCUT2D eigenvalue weighted by atomic mass is 9.91. The van der Waals surface area contributed by atoms with E-state index in [-0.39, 0.29) is 6.04 Å². The zero-order valence-corrected chi connectivity index (χ0v) is 16.2. The van der Waals surface area contributed by atoms with Crippen molar-refractivity contribution in [2.75, 3.05) is 13.7 Å². The highest BCUT2D eigenvalue weighted by atomic mass is 16.5. The number of nitrogens with one attached hydrogen (secondary N) is 2. The third-order valence-corrected chi connectivity index (χ3v) is 5.80. The van der Waals surface area contributed by atoms with Crippen molar-refractivity contribution in [3.8, 4) is 5.75 Å². The third kappa shape index (κ3) is 2.79.